The molecule has 0 spiro atoms. The Bertz CT molecular complexity index is 1210. The molecule has 3 aromatic rings. The number of nitrogens with zero attached hydrogens (tertiary/aromatic N) is 2. The molecule has 1 atom stereocenters. The number of para-hydroxylation sites is 1. The zero-order chi connectivity index (χ0) is 23.4. The lowest BCUT2D eigenvalue weighted by molar-refractivity contribution is -0.140. The number of ketones is 1. The minimum absolute atomic E-state index is 0.00548. The summed E-state index contributed by atoms with van der Waals surface area (Å²) in [6.45, 7) is 2.42. The van der Waals surface area contributed by atoms with Crippen molar-refractivity contribution in [3.8, 4) is 11.5 Å². The minimum atomic E-state index is -0.848. The molecule has 1 fully saturated rings. The van der Waals surface area contributed by atoms with E-state index in [-0.39, 0.29) is 17.9 Å². The van der Waals surface area contributed by atoms with Gasteiger partial charge in [0.2, 0.25) is 0 Å². The first kappa shape index (κ1) is 22.1. The topological polar surface area (TPSA) is 89.0 Å². The van der Waals surface area contributed by atoms with Crippen LogP contribution in [0.15, 0.2) is 78.5 Å². The molecular weight excluding hydrogens is 420 g/mol. The predicted octanol–water partition coefficient (Wildman–Crippen LogP) is 4.11. The van der Waals surface area contributed by atoms with Crippen molar-refractivity contribution in [1.29, 1.82) is 0 Å². The normalized spacial score (nSPS) is 17.3. The maximum Gasteiger partial charge on any atom is 0.296 e. The zero-order valence-electron chi connectivity index (χ0n) is 18.4. The number of ether oxygens (including phenoxy) is 2. The molecule has 0 radical (unpaired) electrons. The van der Waals surface area contributed by atoms with Crippen molar-refractivity contribution in [3.05, 3.63) is 95.3 Å². The second kappa shape index (κ2) is 9.56. The molecule has 1 saturated heterocycles. The second-order valence-electron chi connectivity index (χ2n) is 7.45. The average Bonchev–Trinajstić information content (AvgIpc) is 3.09. The van der Waals surface area contributed by atoms with Crippen molar-refractivity contribution < 1.29 is 24.2 Å². The van der Waals surface area contributed by atoms with E-state index in [2.05, 4.69) is 4.98 Å². The Balaban J connectivity index is 1.89. The summed E-state index contributed by atoms with van der Waals surface area (Å²) in [5.74, 6) is -0.683. The summed E-state index contributed by atoms with van der Waals surface area (Å²) in [6.07, 6.45) is 1.63. The standard InChI is InChI=1S/C26H24N2O5/c1-3-33-19-11-8-9-17(15-19)24(29)22-23(20-12-4-5-13-21(20)32-2)28(26(31)25(22)30)16-18-10-6-7-14-27-18/h4-15,23,29H,3,16H2,1-2H3/b24-22-. The summed E-state index contributed by atoms with van der Waals surface area (Å²) in [5, 5.41) is 11.2. The van der Waals surface area contributed by atoms with E-state index in [1.165, 1.54) is 12.0 Å². The largest absolute Gasteiger partial charge is 0.507 e. The van der Waals surface area contributed by atoms with Gasteiger partial charge in [0.15, 0.2) is 0 Å². The molecule has 1 aliphatic heterocycles. The summed E-state index contributed by atoms with van der Waals surface area (Å²) in [7, 11) is 1.52. The van der Waals surface area contributed by atoms with Crippen molar-refractivity contribution in [2.24, 2.45) is 0 Å². The van der Waals surface area contributed by atoms with Crippen LogP contribution in [0.2, 0.25) is 0 Å². The highest BCUT2D eigenvalue weighted by Gasteiger charge is 2.47. The van der Waals surface area contributed by atoms with E-state index in [1.807, 2.05) is 13.0 Å². The van der Waals surface area contributed by atoms with Crippen LogP contribution in [0.25, 0.3) is 5.76 Å². The van der Waals surface area contributed by atoms with E-state index in [0.29, 0.717) is 34.9 Å². The van der Waals surface area contributed by atoms with Crippen LogP contribution in [0.3, 0.4) is 0 Å². The quantitative estimate of drug-likeness (QED) is 0.335. The van der Waals surface area contributed by atoms with Crippen molar-refractivity contribution in [2.45, 2.75) is 19.5 Å². The number of rotatable bonds is 7. The summed E-state index contributed by atoms with van der Waals surface area (Å²) in [4.78, 5) is 32.1. The number of carbonyl (C=O) groups excluding carboxylic acids is 2. The highest BCUT2D eigenvalue weighted by atomic mass is 16.5. The van der Waals surface area contributed by atoms with Crippen LogP contribution in [0.1, 0.15) is 29.8 Å². The first-order chi connectivity index (χ1) is 16.0. The number of carbonyl (C=O) groups is 2. The molecule has 0 bridgehead atoms. The van der Waals surface area contributed by atoms with Crippen molar-refractivity contribution in [1.82, 2.24) is 9.88 Å². The van der Waals surface area contributed by atoms with Gasteiger partial charge in [0.25, 0.3) is 11.7 Å². The van der Waals surface area contributed by atoms with Gasteiger partial charge in [-0.25, -0.2) is 0 Å². The number of likely N-dealkylation sites (tertiary alicyclic amines) is 1. The fraction of sp³-hybridized carbons (Fsp3) is 0.192. The Morgan fingerprint density at radius 1 is 1.06 bits per heavy atom. The maximum absolute atomic E-state index is 13.2. The van der Waals surface area contributed by atoms with Crippen molar-refractivity contribution >= 4 is 17.4 Å². The van der Waals surface area contributed by atoms with Crippen LogP contribution in [-0.4, -0.2) is 40.4 Å². The zero-order valence-corrected chi connectivity index (χ0v) is 18.4. The monoisotopic (exact) mass is 444 g/mol. The lowest BCUT2D eigenvalue weighted by Crippen LogP contribution is -2.29. The Morgan fingerprint density at radius 2 is 1.85 bits per heavy atom. The Hall–Kier alpha value is -4.13. The van der Waals surface area contributed by atoms with Gasteiger partial charge in [-0.3, -0.25) is 14.6 Å². The summed E-state index contributed by atoms with van der Waals surface area (Å²) in [6, 6.07) is 18.5. The van der Waals surface area contributed by atoms with Gasteiger partial charge in [0, 0.05) is 17.3 Å². The van der Waals surface area contributed by atoms with Gasteiger partial charge >= 0.3 is 0 Å². The second-order valence-corrected chi connectivity index (χ2v) is 7.45. The number of aliphatic hydroxyl groups is 1. The fourth-order valence-electron chi connectivity index (χ4n) is 3.98. The van der Waals surface area contributed by atoms with E-state index in [1.54, 1.807) is 66.9 Å². The summed E-state index contributed by atoms with van der Waals surface area (Å²) < 4.78 is 11.1. The van der Waals surface area contributed by atoms with E-state index < -0.39 is 17.7 Å². The van der Waals surface area contributed by atoms with Crippen LogP contribution in [0.4, 0.5) is 0 Å². The molecule has 4 rings (SSSR count). The SMILES string of the molecule is CCOc1cccc(/C(O)=C2/C(=O)C(=O)N(Cc3ccccn3)C2c2ccccc2OC)c1. The highest BCUT2D eigenvalue weighted by Crippen LogP contribution is 2.43. The predicted molar refractivity (Wildman–Crippen MR) is 123 cm³/mol. The molecule has 7 nitrogen and oxygen atoms in total. The molecule has 2 aromatic carbocycles. The molecule has 1 amide bonds. The lowest BCUT2D eigenvalue weighted by atomic mass is 9.94. The van der Waals surface area contributed by atoms with E-state index in [0.717, 1.165) is 0 Å². The van der Waals surface area contributed by atoms with E-state index >= 15 is 0 Å². The molecule has 1 aromatic heterocycles. The van der Waals surface area contributed by atoms with Gasteiger partial charge in [0.1, 0.15) is 17.3 Å². The van der Waals surface area contributed by atoms with Gasteiger partial charge in [0.05, 0.1) is 37.6 Å². The Morgan fingerprint density at radius 3 is 2.58 bits per heavy atom. The maximum atomic E-state index is 13.2. The van der Waals surface area contributed by atoms with E-state index in [4.69, 9.17) is 9.47 Å². The van der Waals surface area contributed by atoms with Crippen LogP contribution in [-0.2, 0) is 16.1 Å². The van der Waals surface area contributed by atoms with Crippen LogP contribution in [0.5, 0.6) is 11.5 Å². The first-order valence-corrected chi connectivity index (χ1v) is 10.6. The molecule has 1 unspecified atom stereocenters. The number of benzene rings is 2. The van der Waals surface area contributed by atoms with Gasteiger partial charge in [-0.05, 0) is 37.3 Å². The van der Waals surface area contributed by atoms with Gasteiger partial charge < -0.3 is 19.5 Å². The lowest BCUT2D eigenvalue weighted by Gasteiger charge is -2.26. The Labute approximate surface area is 191 Å². The Kier molecular flexibility index (Phi) is 6.40. The smallest absolute Gasteiger partial charge is 0.296 e. The average molecular weight is 444 g/mol. The molecule has 1 aliphatic rings. The molecule has 7 heteroatoms. The minimum Gasteiger partial charge on any atom is -0.507 e. The van der Waals surface area contributed by atoms with Crippen LogP contribution < -0.4 is 9.47 Å². The number of hydrogen-bond acceptors (Lipinski definition) is 6. The highest BCUT2D eigenvalue weighted by molar-refractivity contribution is 6.46. The number of aromatic nitrogens is 1. The molecule has 2 heterocycles. The molecule has 33 heavy (non-hydrogen) atoms. The van der Waals surface area contributed by atoms with Gasteiger partial charge in [-0.1, -0.05) is 36.4 Å². The number of aliphatic hydroxyl groups excluding tert-OH is 1. The molecule has 168 valence electrons. The first-order valence-electron chi connectivity index (χ1n) is 10.6. The molecule has 1 N–H and O–H groups in total. The summed E-state index contributed by atoms with van der Waals surface area (Å²) in [5.41, 5.74) is 1.60. The summed E-state index contributed by atoms with van der Waals surface area (Å²) >= 11 is 0. The van der Waals surface area contributed by atoms with E-state index in [9.17, 15) is 14.7 Å². The van der Waals surface area contributed by atoms with Gasteiger partial charge in [-0.15, -0.1) is 0 Å². The fourth-order valence-corrected chi connectivity index (χ4v) is 3.98. The number of amides is 1. The van der Waals surface area contributed by atoms with Crippen LogP contribution >= 0.6 is 0 Å². The third-order valence-corrected chi connectivity index (χ3v) is 5.45. The van der Waals surface area contributed by atoms with Crippen molar-refractivity contribution in [3.63, 3.8) is 0 Å². The third-order valence-electron chi connectivity index (χ3n) is 5.45. The molecule has 0 aliphatic carbocycles. The molecule has 0 saturated carbocycles. The number of Topliss-reactive ketones (excluding diaryl/α,β-unsaturated/α-hetero) is 1. The van der Waals surface area contributed by atoms with Crippen molar-refractivity contribution in [2.75, 3.05) is 13.7 Å². The van der Waals surface area contributed by atoms with Gasteiger partial charge in [-0.2, -0.15) is 0 Å². The van der Waals surface area contributed by atoms with Crippen LogP contribution in [0, 0.1) is 0 Å². The number of methoxy groups -OCH3 is 1. The number of hydrogen-bond donors (Lipinski definition) is 1. The third kappa shape index (κ3) is 4.30. The number of pyridine rings is 1. The molecular formula is C26H24N2O5.